The third-order valence-electron chi connectivity index (χ3n) is 8.33. The van der Waals surface area contributed by atoms with Gasteiger partial charge in [-0.25, -0.2) is 9.67 Å². The molecule has 3 aromatic carbocycles. The Morgan fingerprint density at radius 3 is 2.26 bits per heavy atom. The van der Waals surface area contributed by atoms with Crippen molar-refractivity contribution < 1.29 is 4.79 Å². The van der Waals surface area contributed by atoms with Crippen LogP contribution >= 0.6 is 11.6 Å². The molecule has 0 saturated heterocycles. The number of nitrogens with one attached hydrogen (secondary N) is 3. The molecule has 9 heteroatoms. The molecule has 0 spiro atoms. The summed E-state index contributed by atoms with van der Waals surface area (Å²) in [6, 6.07) is 22.8. The highest BCUT2D eigenvalue weighted by molar-refractivity contribution is 6.33. The van der Waals surface area contributed by atoms with Crippen LogP contribution in [0.3, 0.4) is 0 Å². The van der Waals surface area contributed by atoms with Gasteiger partial charge in [-0.15, -0.1) is 0 Å². The van der Waals surface area contributed by atoms with E-state index in [1.54, 1.807) is 33.8 Å². The average Bonchev–Trinajstić information content (AvgIpc) is 3.61. The highest BCUT2D eigenvalue weighted by Gasteiger charge is 2.20. The van der Waals surface area contributed by atoms with Crippen LogP contribution in [0.15, 0.2) is 83.9 Å². The summed E-state index contributed by atoms with van der Waals surface area (Å²) in [6.45, 7) is 2.62. The average molecular weight is 641 g/mol. The first kappa shape index (κ1) is 33.1. The molecule has 2 heterocycles. The third-order valence-corrected chi connectivity index (χ3v) is 8.66. The molecule has 0 radical (unpaired) electrons. The summed E-state index contributed by atoms with van der Waals surface area (Å²) in [5, 5.41) is 10.1. The Morgan fingerprint density at radius 2 is 1.52 bits per heavy atom. The predicted octanol–water partition coefficient (Wildman–Crippen LogP) is 9.60. The Labute approximate surface area is 276 Å². The van der Waals surface area contributed by atoms with Crippen molar-refractivity contribution in [3.63, 3.8) is 0 Å². The van der Waals surface area contributed by atoms with Gasteiger partial charge in [-0.1, -0.05) is 125 Å². The molecule has 8 nitrogen and oxygen atoms in total. The second kappa shape index (κ2) is 16.9. The summed E-state index contributed by atoms with van der Waals surface area (Å²) >= 11 is 6.62. The Kier molecular flexibility index (Phi) is 12.1. The number of fused-ring (bicyclic) bond motifs is 1. The Hall–Kier alpha value is -4.30. The first-order chi connectivity index (χ1) is 22.5. The maximum absolute atomic E-state index is 13.8. The van der Waals surface area contributed by atoms with E-state index >= 15 is 0 Å². The van der Waals surface area contributed by atoms with Gasteiger partial charge in [0.15, 0.2) is 11.5 Å². The minimum absolute atomic E-state index is 0.0165. The molecule has 5 rings (SSSR count). The molecule has 0 aliphatic carbocycles. The summed E-state index contributed by atoms with van der Waals surface area (Å²) in [5.41, 5.74) is 3.97. The molecule has 0 fully saturated rings. The SMILES string of the molecule is CCCCCCCCCCCCCC(=O)Nc1ccc(Cl)c(Nc2[nH]n(Cc3ccccc3)c(=O)c2-n2cnc3ccccc32)c1. The number of aromatic nitrogens is 4. The lowest BCUT2D eigenvalue weighted by Crippen LogP contribution is -2.20. The third kappa shape index (κ3) is 8.91. The molecule has 1 amide bonds. The predicted molar refractivity (Wildman–Crippen MR) is 190 cm³/mol. The van der Waals surface area contributed by atoms with Crippen molar-refractivity contribution in [2.75, 3.05) is 10.6 Å². The summed E-state index contributed by atoms with van der Waals surface area (Å²) in [5.74, 6) is 0.451. The van der Waals surface area contributed by atoms with Gasteiger partial charge in [0.25, 0.3) is 5.56 Å². The van der Waals surface area contributed by atoms with Crippen LogP contribution < -0.4 is 16.2 Å². The maximum atomic E-state index is 13.8. The number of nitrogens with zero attached hydrogens (tertiary/aromatic N) is 3. The number of imidazole rings is 1. The van der Waals surface area contributed by atoms with Crippen LogP contribution in [0.2, 0.25) is 5.02 Å². The molecule has 46 heavy (non-hydrogen) atoms. The van der Waals surface area contributed by atoms with E-state index in [4.69, 9.17) is 11.6 Å². The zero-order chi connectivity index (χ0) is 32.1. The van der Waals surface area contributed by atoms with E-state index in [0.29, 0.717) is 40.9 Å². The van der Waals surface area contributed by atoms with E-state index in [0.717, 1.165) is 29.4 Å². The number of anilines is 3. The molecule has 5 aromatic rings. The van der Waals surface area contributed by atoms with Crippen LogP contribution in [0, 0.1) is 0 Å². The number of halogens is 1. The van der Waals surface area contributed by atoms with Crippen molar-refractivity contribution in [2.24, 2.45) is 0 Å². The largest absolute Gasteiger partial charge is 0.337 e. The van der Waals surface area contributed by atoms with Crippen molar-refractivity contribution in [3.8, 4) is 5.69 Å². The summed E-state index contributed by atoms with van der Waals surface area (Å²) in [7, 11) is 0. The number of benzene rings is 3. The zero-order valence-corrected chi connectivity index (χ0v) is 27.5. The van der Waals surface area contributed by atoms with E-state index in [9.17, 15) is 9.59 Å². The number of rotatable bonds is 18. The van der Waals surface area contributed by atoms with Crippen molar-refractivity contribution in [1.82, 2.24) is 19.3 Å². The summed E-state index contributed by atoms with van der Waals surface area (Å²) in [4.78, 5) is 31.1. The van der Waals surface area contributed by atoms with Crippen LogP contribution in [0.5, 0.6) is 0 Å². The molecule has 0 saturated carbocycles. The van der Waals surface area contributed by atoms with Crippen LogP contribution in [0.4, 0.5) is 17.2 Å². The van der Waals surface area contributed by atoms with Crippen LogP contribution in [-0.4, -0.2) is 25.2 Å². The lowest BCUT2D eigenvalue weighted by molar-refractivity contribution is -0.116. The monoisotopic (exact) mass is 640 g/mol. The van der Waals surface area contributed by atoms with E-state index in [1.807, 2.05) is 54.6 Å². The maximum Gasteiger partial charge on any atom is 0.293 e. The second-order valence-corrected chi connectivity index (χ2v) is 12.4. The minimum Gasteiger partial charge on any atom is -0.337 e. The van der Waals surface area contributed by atoms with Gasteiger partial charge in [-0.2, -0.15) is 0 Å². The molecule has 3 N–H and O–H groups in total. The second-order valence-electron chi connectivity index (χ2n) is 12.0. The molecule has 2 aromatic heterocycles. The lowest BCUT2D eigenvalue weighted by Gasteiger charge is -2.12. The van der Waals surface area contributed by atoms with Crippen LogP contribution in [0.25, 0.3) is 16.7 Å². The number of para-hydroxylation sites is 2. The molecule has 0 atom stereocenters. The number of hydrogen-bond acceptors (Lipinski definition) is 4. The zero-order valence-electron chi connectivity index (χ0n) is 26.7. The number of H-pyrrole nitrogens is 1. The quantitative estimate of drug-likeness (QED) is 0.0831. The number of aromatic amines is 1. The molecular weight excluding hydrogens is 596 g/mol. The summed E-state index contributed by atoms with van der Waals surface area (Å²) < 4.78 is 3.35. The number of hydrogen-bond donors (Lipinski definition) is 3. The first-order valence-corrected chi connectivity index (χ1v) is 17.1. The standard InChI is InChI=1S/C37H45ClN6O2/c1-2-3-4-5-6-7-8-9-10-11-15-22-34(45)40-29-23-24-30(38)32(25-29)41-36-35(43-27-39-31-20-16-17-21-33(31)43)37(46)44(42-36)26-28-18-13-12-14-19-28/h12-14,16-21,23-25,27,41-42H,2-11,15,22,26H2,1H3,(H,40,45). The Balaban J connectivity index is 1.23. The smallest absolute Gasteiger partial charge is 0.293 e. The Morgan fingerprint density at radius 1 is 0.848 bits per heavy atom. The molecule has 0 bridgehead atoms. The van der Waals surface area contributed by atoms with Gasteiger partial charge in [0, 0.05) is 12.1 Å². The van der Waals surface area contributed by atoms with Crippen molar-refractivity contribution in [3.05, 3.63) is 100 Å². The highest BCUT2D eigenvalue weighted by Crippen LogP contribution is 2.31. The van der Waals surface area contributed by atoms with Gasteiger partial charge in [-0.3, -0.25) is 19.3 Å². The highest BCUT2D eigenvalue weighted by atomic mass is 35.5. The molecular formula is C37H45ClN6O2. The normalized spacial score (nSPS) is 11.3. The molecule has 0 aliphatic rings. The molecule has 0 aliphatic heterocycles. The minimum atomic E-state index is -0.206. The number of carbonyl (C=O) groups is 1. The van der Waals surface area contributed by atoms with Crippen molar-refractivity contribution in [1.29, 1.82) is 0 Å². The van der Waals surface area contributed by atoms with Crippen molar-refractivity contribution in [2.45, 2.75) is 90.5 Å². The van der Waals surface area contributed by atoms with Gasteiger partial charge in [-0.05, 0) is 42.3 Å². The van der Waals surface area contributed by atoms with Crippen LogP contribution in [-0.2, 0) is 11.3 Å². The summed E-state index contributed by atoms with van der Waals surface area (Å²) in [6.07, 6.45) is 15.8. The fraction of sp³-hybridized carbons (Fsp3) is 0.378. The molecule has 242 valence electrons. The number of carbonyl (C=O) groups excluding carboxylic acids is 1. The molecule has 0 unspecified atom stereocenters. The Bertz CT molecular complexity index is 1760. The van der Waals surface area contributed by atoms with E-state index in [-0.39, 0.29) is 11.5 Å². The number of unbranched alkanes of at least 4 members (excludes halogenated alkanes) is 10. The first-order valence-electron chi connectivity index (χ1n) is 16.7. The van der Waals surface area contributed by atoms with Crippen molar-refractivity contribution >= 4 is 45.7 Å². The number of amides is 1. The van der Waals surface area contributed by atoms with Gasteiger partial charge < -0.3 is 10.6 Å². The fourth-order valence-corrected chi connectivity index (χ4v) is 5.97. The van der Waals surface area contributed by atoms with Gasteiger partial charge in [0.05, 0.1) is 28.3 Å². The lowest BCUT2D eigenvalue weighted by atomic mass is 10.1. The van der Waals surface area contributed by atoms with Gasteiger partial charge in [0.2, 0.25) is 5.91 Å². The topological polar surface area (TPSA) is 96.7 Å². The van der Waals surface area contributed by atoms with E-state index < -0.39 is 0 Å². The van der Waals surface area contributed by atoms with Gasteiger partial charge >= 0.3 is 0 Å². The van der Waals surface area contributed by atoms with E-state index in [2.05, 4.69) is 27.6 Å². The van der Waals surface area contributed by atoms with E-state index in [1.165, 1.54) is 57.8 Å². The van der Waals surface area contributed by atoms with Gasteiger partial charge in [0.1, 0.15) is 6.33 Å². The van der Waals surface area contributed by atoms with Crippen LogP contribution in [0.1, 0.15) is 89.5 Å². The fourth-order valence-electron chi connectivity index (χ4n) is 5.81.